The molecule has 0 N–H and O–H groups in total. The third-order valence-electron chi connectivity index (χ3n) is 5.62. The molecule has 3 atom stereocenters. The van der Waals surface area contributed by atoms with E-state index in [2.05, 4.69) is 13.8 Å². The Balaban J connectivity index is 2.25. The maximum Gasteiger partial charge on any atom is 0.147 e. The normalized spacial score (nSPS) is 45.3. The second-order valence-corrected chi connectivity index (χ2v) is 6.79. The van der Waals surface area contributed by atoms with Crippen LogP contribution in [0.3, 0.4) is 0 Å². The zero-order valence-electron chi connectivity index (χ0n) is 11.5. The molecule has 98 valence electrons. The Hall–Kier alpha value is -0.960. The zero-order chi connectivity index (χ0) is 13.3. The van der Waals surface area contributed by atoms with Gasteiger partial charge in [-0.2, -0.15) is 0 Å². The molecule has 0 aromatic carbocycles. The van der Waals surface area contributed by atoms with Crippen LogP contribution in [-0.4, -0.2) is 23.8 Å². The lowest BCUT2D eigenvalue weighted by atomic mass is 9.49. The van der Waals surface area contributed by atoms with Gasteiger partial charge in [-0.1, -0.05) is 19.4 Å². The van der Waals surface area contributed by atoms with Gasteiger partial charge < -0.3 is 4.74 Å². The van der Waals surface area contributed by atoms with Crippen molar-refractivity contribution in [2.75, 3.05) is 0 Å². The summed E-state index contributed by atoms with van der Waals surface area (Å²) in [5.74, 6) is 0.172. The number of epoxide rings is 1. The van der Waals surface area contributed by atoms with Crippen LogP contribution in [-0.2, 0) is 14.3 Å². The molecule has 1 aliphatic heterocycles. The van der Waals surface area contributed by atoms with Gasteiger partial charge in [0.05, 0.1) is 11.5 Å². The molecule has 0 bridgehead atoms. The highest BCUT2D eigenvalue weighted by atomic mass is 16.6. The minimum Gasteiger partial charge on any atom is -0.364 e. The first-order valence-electron chi connectivity index (χ1n) is 6.68. The summed E-state index contributed by atoms with van der Waals surface area (Å²) < 4.78 is 6.04. The van der Waals surface area contributed by atoms with Gasteiger partial charge >= 0.3 is 0 Å². The highest BCUT2D eigenvalue weighted by Gasteiger charge is 2.79. The van der Waals surface area contributed by atoms with Crippen LogP contribution in [0, 0.1) is 10.8 Å². The second-order valence-electron chi connectivity index (χ2n) is 6.79. The molecule has 0 unspecified atom stereocenters. The van der Waals surface area contributed by atoms with E-state index in [0.29, 0.717) is 12.0 Å². The largest absolute Gasteiger partial charge is 0.364 e. The van der Waals surface area contributed by atoms with Crippen LogP contribution in [0.4, 0.5) is 0 Å². The third-order valence-corrected chi connectivity index (χ3v) is 5.62. The van der Waals surface area contributed by atoms with Gasteiger partial charge in [-0.15, -0.1) is 0 Å². The average molecular weight is 248 g/mol. The van der Waals surface area contributed by atoms with Crippen molar-refractivity contribution in [2.24, 2.45) is 10.8 Å². The molecule has 3 nitrogen and oxygen atoms in total. The molecular formula is C15H20O3. The Morgan fingerprint density at radius 3 is 2.61 bits per heavy atom. The predicted molar refractivity (Wildman–Crippen MR) is 67.1 cm³/mol. The molecule has 0 radical (unpaired) electrons. The molecule has 1 saturated carbocycles. The summed E-state index contributed by atoms with van der Waals surface area (Å²) in [4.78, 5) is 24.0. The lowest BCUT2D eigenvalue weighted by Gasteiger charge is -2.50. The lowest BCUT2D eigenvalue weighted by Crippen LogP contribution is -2.59. The smallest absolute Gasteiger partial charge is 0.147 e. The first-order chi connectivity index (χ1) is 8.31. The molecule has 3 heteroatoms. The van der Waals surface area contributed by atoms with Crippen molar-refractivity contribution < 1.29 is 14.3 Å². The summed E-state index contributed by atoms with van der Waals surface area (Å²) in [6.07, 6.45) is 3.19. The maximum absolute atomic E-state index is 12.5. The van der Waals surface area contributed by atoms with E-state index in [1.165, 1.54) is 0 Å². The number of hydrogen-bond donors (Lipinski definition) is 0. The number of carbonyl (C=O) groups is 2. The fourth-order valence-corrected chi connectivity index (χ4v) is 4.54. The molecule has 0 aromatic rings. The van der Waals surface area contributed by atoms with Gasteiger partial charge in [0.15, 0.2) is 0 Å². The molecule has 18 heavy (non-hydrogen) atoms. The quantitative estimate of drug-likeness (QED) is 0.529. The maximum atomic E-state index is 12.5. The minimum atomic E-state index is -0.733. The standard InChI is InChI=1S/C15H20O3/c1-9-7-12-15(18-12)13(2,3)6-5-11(17)14(15,4)10(9)8-16/h8,12H,5-7H2,1-4H3/t12-,14-,15+/m0/s1. The number of ketones is 1. The fraction of sp³-hybridized carbons (Fsp3) is 0.733. The summed E-state index contributed by atoms with van der Waals surface area (Å²) in [6, 6.07) is 0. The van der Waals surface area contributed by atoms with E-state index in [0.717, 1.165) is 24.7 Å². The molecular weight excluding hydrogens is 228 g/mol. The van der Waals surface area contributed by atoms with E-state index in [-0.39, 0.29) is 17.3 Å². The van der Waals surface area contributed by atoms with Gasteiger partial charge in [0, 0.05) is 12.0 Å². The molecule has 2 aliphatic carbocycles. The number of ether oxygens (including phenoxy) is 1. The number of Topliss-reactive ketones (excluding diaryl/α,β-unsaturated/α-hetero) is 1. The SMILES string of the molecule is CC1=C(C=O)[C@@]2(C)C(=O)CCC(C)(C)[C@@]23O[C@H]3C1. The van der Waals surface area contributed by atoms with Crippen LogP contribution >= 0.6 is 0 Å². The van der Waals surface area contributed by atoms with E-state index in [1.807, 2.05) is 13.8 Å². The fourth-order valence-electron chi connectivity index (χ4n) is 4.54. The Kier molecular flexibility index (Phi) is 2.10. The van der Waals surface area contributed by atoms with Crippen molar-refractivity contribution in [3.8, 4) is 0 Å². The van der Waals surface area contributed by atoms with Gasteiger partial charge in [-0.3, -0.25) is 9.59 Å². The Labute approximate surface area is 108 Å². The summed E-state index contributed by atoms with van der Waals surface area (Å²) >= 11 is 0. The van der Waals surface area contributed by atoms with Crippen molar-refractivity contribution >= 4 is 12.1 Å². The van der Waals surface area contributed by atoms with Crippen molar-refractivity contribution in [3.63, 3.8) is 0 Å². The topological polar surface area (TPSA) is 46.7 Å². The van der Waals surface area contributed by atoms with Gasteiger partial charge in [0.2, 0.25) is 0 Å². The zero-order valence-corrected chi connectivity index (χ0v) is 11.5. The number of hydrogen-bond acceptors (Lipinski definition) is 3. The molecule has 1 spiro atoms. The minimum absolute atomic E-state index is 0.0463. The van der Waals surface area contributed by atoms with Gasteiger partial charge in [0.25, 0.3) is 0 Å². The molecule has 1 saturated heterocycles. The van der Waals surface area contributed by atoms with E-state index in [1.54, 1.807) is 0 Å². The van der Waals surface area contributed by atoms with E-state index in [4.69, 9.17) is 4.74 Å². The summed E-state index contributed by atoms with van der Waals surface area (Å²) in [5, 5.41) is 0. The Morgan fingerprint density at radius 2 is 2.00 bits per heavy atom. The van der Waals surface area contributed by atoms with Crippen LogP contribution in [0.2, 0.25) is 0 Å². The highest BCUT2D eigenvalue weighted by Crippen LogP contribution is 2.70. The predicted octanol–water partition coefficient (Wildman–Crippen LogP) is 2.44. The van der Waals surface area contributed by atoms with Crippen LogP contribution in [0.15, 0.2) is 11.1 Å². The summed E-state index contributed by atoms with van der Waals surface area (Å²) in [7, 11) is 0. The molecule has 3 aliphatic rings. The lowest BCUT2D eigenvalue weighted by molar-refractivity contribution is -0.140. The van der Waals surface area contributed by atoms with Gasteiger partial charge in [-0.25, -0.2) is 0 Å². The van der Waals surface area contributed by atoms with Gasteiger partial charge in [0.1, 0.15) is 17.7 Å². The van der Waals surface area contributed by atoms with Crippen LogP contribution < -0.4 is 0 Å². The second kappa shape index (κ2) is 3.13. The van der Waals surface area contributed by atoms with Crippen molar-refractivity contribution in [2.45, 2.75) is 58.7 Å². The molecule has 1 heterocycles. The van der Waals surface area contributed by atoms with Gasteiger partial charge in [-0.05, 0) is 32.1 Å². The van der Waals surface area contributed by atoms with E-state index in [9.17, 15) is 9.59 Å². The first kappa shape index (κ1) is 12.1. The van der Waals surface area contributed by atoms with E-state index < -0.39 is 11.0 Å². The Bertz CT molecular complexity index is 488. The molecule has 3 rings (SSSR count). The Morgan fingerprint density at radius 1 is 1.33 bits per heavy atom. The van der Waals surface area contributed by atoms with Crippen molar-refractivity contribution in [1.29, 1.82) is 0 Å². The first-order valence-corrected chi connectivity index (χ1v) is 6.68. The van der Waals surface area contributed by atoms with Crippen molar-refractivity contribution in [3.05, 3.63) is 11.1 Å². The van der Waals surface area contributed by atoms with Crippen LogP contribution in [0.5, 0.6) is 0 Å². The van der Waals surface area contributed by atoms with Crippen LogP contribution in [0.25, 0.3) is 0 Å². The summed E-state index contributed by atoms with van der Waals surface area (Å²) in [6.45, 7) is 8.21. The average Bonchev–Trinajstić information content (AvgIpc) is 3.01. The number of aldehydes is 1. The number of rotatable bonds is 1. The number of carbonyl (C=O) groups excluding carboxylic acids is 2. The highest BCUT2D eigenvalue weighted by molar-refractivity contribution is 5.98. The van der Waals surface area contributed by atoms with Crippen LogP contribution in [0.1, 0.15) is 47.0 Å². The molecule has 0 aromatic heterocycles. The third kappa shape index (κ3) is 1.02. The molecule has 2 fully saturated rings. The monoisotopic (exact) mass is 248 g/mol. The van der Waals surface area contributed by atoms with E-state index >= 15 is 0 Å². The molecule has 0 amide bonds. The summed E-state index contributed by atoms with van der Waals surface area (Å²) in [5.41, 5.74) is 0.481. The van der Waals surface area contributed by atoms with Crippen molar-refractivity contribution in [1.82, 2.24) is 0 Å².